The van der Waals surface area contributed by atoms with Crippen molar-refractivity contribution in [2.75, 3.05) is 0 Å². The molecule has 0 radical (unpaired) electrons. The zero-order valence-corrected chi connectivity index (χ0v) is 10.1. The predicted molar refractivity (Wildman–Crippen MR) is 67.7 cm³/mol. The summed E-state index contributed by atoms with van der Waals surface area (Å²) in [5.74, 6) is 5.39. The maximum Gasteiger partial charge on any atom is 0.268 e. The molecule has 0 atom stereocenters. The number of carbonyl (C=O) groups is 1. The number of benzene rings is 1. The quantitative estimate of drug-likeness (QED) is 0.477. The van der Waals surface area contributed by atoms with Gasteiger partial charge in [0.25, 0.3) is 5.91 Å². The van der Waals surface area contributed by atoms with E-state index in [2.05, 4.69) is 15.4 Å². The largest absolute Gasteiger partial charge is 0.290 e. The van der Waals surface area contributed by atoms with Gasteiger partial charge in [0.2, 0.25) is 0 Å². The maximum absolute atomic E-state index is 11.4. The molecule has 0 fully saturated rings. The molecule has 1 aromatic heterocycles. The number of hydrazine groups is 1. The molecule has 5 nitrogen and oxygen atoms in total. The van der Waals surface area contributed by atoms with Crippen LogP contribution in [0.3, 0.4) is 0 Å². The average molecular weight is 242 g/mol. The number of hydrogen-bond acceptors (Lipinski definition) is 4. The molecule has 0 saturated heterocycles. The summed E-state index contributed by atoms with van der Waals surface area (Å²) in [5, 5.41) is 0. The van der Waals surface area contributed by atoms with Crippen LogP contribution in [0.15, 0.2) is 36.5 Å². The first-order valence-electron chi connectivity index (χ1n) is 5.58. The normalized spacial score (nSPS) is 10.1. The zero-order valence-electron chi connectivity index (χ0n) is 10.1. The number of aryl methyl sites for hydroxylation is 1. The average Bonchev–Trinajstić information content (AvgIpc) is 2.39. The van der Waals surface area contributed by atoms with Gasteiger partial charge in [0.1, 0.15) is 5.82 Å². The number of hydrogen-bond donors (Lipinski definition) is 2. The van der Waals surface area contributed by atoms with Crippen molar-refractivity contribution >= 4 is 5.91 Å². The minimum absolute atomic E-state index is 0.376. The first kappa shape index (κ1) is 12.2. The summed E-state index contributed by atoms with van der Waals surface area (Å²) in [6.07, 6.45) is 2.15. The van der Waals surface area contributed by atoms with E-state index >= 15 is 0 Å². The van der Waals surface area contributed by atoms with Crippen LogP contribution in [0.4, 0.5) is 0 Å². The molecule has 2 aromatic rings. The summed E-state index contributed by atoms with van der Waals surface area (Å²) in [6.45, 7) is 1.76. The molecule has 0 bridgehead atoms. The Morgan fingerprint density at radius 1 is 1.33 bits per heavy atom. The molecule has 0 unspecified atom stereocenters. The summed E-state index contributed by atoms with van der Waals surface area (Å²) < 4.78 is 0. The highest BCUT2D eigenvalue weighted by Crippen LogP contribution is 2.08. The number of nitrogens with two attached hydrogens (primary N) is 1. The number of rotatable bonds is 3. The Hall–Kier alpha value is -2.27. The van der Waals surface area contributed by atoms with Gasteiger partial charge in [-0.2, -0.15) is 0 Å². The van der Waals surface area contributed by atoms with Crippen LogP contribution in [0.5, 0.6) is 0 Å². The summed E-state index contributed by atoms with van der Waals surface area (Å²) in [5.41, 5.74) is 4.23. The molecule has 0 spiro atoms. The lowest BCUT2D eigenvalue weighted by Gasteiger charge is -2.05. The molecule has 3 N–H and O–H groups in total. The summed E-state index contributed by atoms with van der Waals surface area (Å²) in [4.78, 5) is 19.9. The van der Waals surface area contributed by atoms with Crippen molar-refractivity contribution in [3.8, 4) is 0 Å². The number of nitrogens with one attached hydrogen (secondary N) is 1. The third-order valence-electron chi connectivity index (χ3n) is 2.61. The fraction of sp³-hybridized carbons (Fsp3) is 0.154. The lowest BCUT2D eigenvalue weighted by molar-refractivity contribution is 0.0952. The van der Waals surface area contributed by atoms with Gasteiger partial charge in [-0.05, 0) is 12.5 Å². The number of aromatic nitrogens is 2. The summed E-state index contributed by atoms with van der Waals surface area (Å²) in [7, 11) is 0. The second-order valence-electron chi connectivity index (χ2n) is 3.92. The van der Waals surface area contributed by atoms with E-state index in [0.29, 0.717) is 23.5 Å². The molecule has 1 heterocycles. The molecule has 1 aromatic carbocycles. The second kappa shape index (κ2) is 5.37. The van der Waals surface area contributed by atoms with E-state index in [1.165, 1.54) is 6.20 Å². The van der Waals surface area contributed by atoms with Crippen LogP contribution in [-0.2, 0) is 6.42 Å². The van der Waals surface area contributed by atoms with Crippen LogP contribution in [-0.4, -0.2) is 15.9 Å². The third kappa shape index (κ3) is 2.70. The Labute approximate surface area is 105 Å². The van der Waals surface area contributed by atoms with Crippen LogP contribution in [0, 0.1) is 6.92 Å². The molecule has 18 heavy (non-hydrogen) atoms. The van der Waals surface area contributed by atoms with Crippen molar-refractivity contribution < 1.29 is 4.79 Å². The van der Waals surface area contributed by atoms with Crippen molar-refractivity contribution in [1.82, 2.24) is 15.4 Å². The topological polar surface area (TPSA) is 80.9 Å². The predicted octanol–water partition coefficient (Wildman–Crippen LogP) is 0.979. The van der Waals surface area contributed by atoms with Crippen molar-refractivity contribution in [1.29, 1.82) is 0 Å². The molecule has 0 aliphatic heterocycles. The third-order valence-corrected chi connectivity index (χ3v) is 2.61. The van der Waals surface area contributed by atoms with Crippen molar-refractivity contribution in [2.45, 2.75) is 13.3 Å². The summed E-state index contributed by atoms with van der Waals surface area (Å²) >= 11 is 0. The van der Waals surface area contributed by atoms with E-state index in [4.69, 9.17) is 5.84 Å². The fourth-order valence-corrected chi connectivity index (χ4v) is 1.68. The molecule has 0 aliphatic rings. The van der Waals surface area contributed by atoms with Crippen LogP contribution in [0.25, 0.3) is 0 Å². The number of nitrogens with zero attached hydrogens (tertiary/aromatic N) is 2. The van der Waals surface area contributed by atoms with Gasteiger partial charge in [0.15, 0.2) is 0 Å². The smallest absolute Gasteiger partial charge is 0.268 e. The van der Waals surface area contributed by atoms with Crippen LogP contribution >= 0.6 is 0 Å². The number of carbonyl (C=O) groups excluding carboxylic acids is 1. The molecule has 5 heteroatoms. The first-order valence-corrected chi connectivity index (χ1v) is 5.58. The Bertz CT molecular complexity index is 554. The van der Waals surface area contributed by atoms with Gasteiger partial charge in [0.05, 0.1) is 11.3 Å². The van der Waals surface area contributed by atoms with E-state index in [1.54, 1.807) is 6.92 Å². The molecule has 92 valence electrons. The van der Waals surface area contributed by atoms with Crippen LogP contribution in [0.1, 0.15) is 27.4 Å². The molecule has 0 aliphatic carbocycles. The Kier molecular flexibility index (Phi) is 3.64. The van der Waals surface area contributed by atoms with Gasteiger partial charge in [-0.1, -0.05) is 30.3 Å². The zero-order chi connectivity index (χ0) is 13.0. The number of amides is 1. The van der Waals surface area contributed by atoms with Gasteiger partial charge < -0.3 is 0 Å². The lowest BCUT2D eigenvalue weighted by atomic mass is 10.1. The van der Waals surface area contributed by atoms with Gasteiger partial charge in [-0.25, -0.2) is 15.8 Å². The van der Waals surface area contributed by atoms with E-state index in [9.17, 15) is 4.79 Å². The summed E-state index contributed by atoms with van der Waals surface area (Å²) in [6, 6.07) is 9.93. The Morgan fingerprint density at radius 2 is 2.06 bits per heavy atom. The standard InChI is InChI=1S/C13H14N4O/c1-9-11(13(18)17-14)8-15-12(16-9)7-10-5-3-2-4-6-10/h2-6,8H,7,14H2,1H3,(H,17,18). The SMILES string of the molecule is Cc1nc(Cc2ccccc2)ncc1C(=O)NN. The lowest BCUT2D eigenvalue weighted by Crippen LogP contribution is -2.31. The highest BCUT2D eigenvalue weighted by Gasteiger charge is 2.10. The van der Waals surface area contributed by atoms with Gasteiger partial charge >= 0.3 is 0 Å². The van der Waals surface area contributed by atoms with E-state index < -0.39 is 0 Å². The van der Waals surface area contributed by atoms with Gasteiger partial charge in [0, 0.05) is 12.6 Å². The monoisotopic (exact) mass is 242 g/mol. The van der Waals surface area contributed by atoms with Crippen molar-refractivity contribution in [3.05, 3.63) is 59.2 Å². The highest BCUT2D eigenvalue weighted by molar-refractivity contribution is 5.94. The van der Waals surface area contributed by atoms with E-state index in [-0.39, 0.29) is 5.91 Å². The van der Waals surface area contributed by atoms with E-state index in [0.717, 1.165) is 5.56 Å². The number of nitrogen functional groups attached to an aromatic ring is 1. The molecular weight excluding hydrogens is 228 g/mol. The van der Waals surface area contributed by atoms with Gasteiger partial charge in [-0.15, -0.1) is 0 Å². The fourth-order valence-electron chi connectivity index (χ4n) is 1.68. The maximum atomic E-state index is 11.4. The van der Waals surface area contributed by atoms with Crippen molar-refractivity contribution in [2.24, 2.45) is 5.84 Å². The van der Waals surface area contributed by atoms with Crippen LogP contribution < -0.4 is 11.3 Å². The highest BCUT2D eigenvalue weighted by atomic mass is 16.2. The Balaban J connectivity index is 2.22. The van der Waals surface area contributed by atoms with E-state index in [1.807, 2.05) is 30.3 Å². The van der Waals surface area contributed by atoms with Crippen molar-refractivity contribution in [3.63, 3.8) is 0 Å². The first-order chi connectivity index (χ1) is 8.70. The minimum Gasteiger partial charge on any atom is -0.290 e. The minimum atomic E-state index is -0.376. The molecular formula is C13H14N4O. The molecule has 1 amide bonds. The second-order valence-corrected chi connectivity index (χ2v) is 3.92. The van der Waals surface area contributed by atoms with Gasteiger partial charge in [-0.3, -0.25) is 10.2 Å². The molecule has 2 rings (SSSR count). The molecule has 0 saturated carbocycles. The van der Waals surface area contributed by atoms with Crippen LogP contribution in [0.2, 0.25) is 0 Å². The Morgan fingerprint density at radius 3 is 2.67 bits per heavy atom.